The van der Waals surface area contributed by atoms with E-state index >= 15 is 0 Å². The molecule has 1 N–H and O–H groups in total. The summed E-state index contributed by atoms with van der Waals surface area (Å²) in [4.78, 5) is 0. The third kappa shape index (κ3) is 2.68. The molecule has 1 atom stereocenters. The van der Waals surface area contributed by atoms with Crippen molar-refractivity contribution >= 4 is 10.9 Å². The minimum Gasteiger partial charge on any atom is -1.00 e. The minimum atomic E-state index is -0.923. The summed E-state index contributed by atoms with van der Waals surface area (Å²) in [7, 11) is 5.25. The molecule has 1 aromatic heterocycles. The fourth-order valence-electron chi connectivity index (χ4n) is 3.10. The second kappa shape index (κ2) is 6.06. The average molecular weight is 340 g/mol. The van der Waals surface area contributed by atoms with Gasteiger partial charge in [0.1, 0.15) is 24.5 Å². The summed E-state index contributed by atoms with van der Waals surface area (Å²) < 4.78 is 19.1. The molecule has 0 bridgehead atoms. The van der Waals surface area contributed by atoms with Gasteiger partial charge in [-0.05, 0) is 26.0 Å². The zero-order valence-electron chi connectivity index (χ0n) is 14.0. The molecular formula is C17H22ClNO4. The standard InChI is InChI=1S/C17H22NO4.ClH/c1-17(2,19)13-9-11-15(21-5)10-7-6-8-12(20-4)14(10)18(3)16(11)22-13;/h6-8,13,19H,9H2,1-5H3;1H/q+1;/p-1/t13-;/m0./s1. The lowest BCUT2D eigenvalue weighted by molar-refractivity contribution is -0.651. The van der Waals surface area contributed by atoms with Crippen LogP contribution in [0, 0.1) is 0 Å². The molecule has 0 unspecified atom stereocenters. The SMILES string of the molecule is COc1c2c([n+](C)c3c(OC)cccc13)O[C@H](C(C)(C)O)C2.[Cl-]. The highest BCUT2D eigenvalue weighted by atomic mass is 35.5. The molecule has 1 aromatic carbocycles. The number of methoxy groups -OCH3 is 2. The zero-order chi connectivity index (χ0) is 16.1. The third-order valence-electron chi connectivity index (χ3n) is 4.27. The quantitative estimate of drug-likeness (QED) is 0.711. The zero-order valence-corrected chi connectivity index (χ0v) is 14.8. The number of aliphatic hydroxyl groups is 1. The third-order valence-corrected chi connectivity index (χ3v) is 4.27. The molecule has 6 heteroatoms. The van der Waals surface area contributed by atoms with Crippen LogP contribution in [0.4, 0.5) is 0 Å². The Kier molecular flexibility index (Phi) is 4.64. The number of hydrogen-bond donors (Lipinski definition) is 1. The van der Waals surface area contributed by atoms with Crippen LogP contribution in [-0.2, 0) is 13.5 Å². The fraction of sp³-hybridized carbons (Fsp3) is 0.471. The Labute approximate surface area is 142 Å². The van der Waals surface area contributed by atoms with Crippen LogP contribution in [0.1, 0.15) is 19.4 Å². The Morgan fingerprint density at radius 1 is 1.26 bits per heavy atom. The van der Waals surface area contributed by atoms with Crippen LogP contribution in [0.3, 0.4) is 0 Å². The summed E-state index contributed by atoms with van der Waals surface area (Å²) in [5, 5.41) is 11.3. The molecule has 1 aliphatic heterocycles. The molecule has 0 radical (unpaired) electrons. The van der Waals surface area contributed by atoms with E-state index in [4.69, 9.17) is 14.2 Å². The van der Waals surface area contributed by atoms with Crippen molar-refractivity contribution < 1.29 is 36.3 Å². The number of aryl methyl sites for hydroxylation is 1. The summed E-state index contributed by atoms with van der Waals surface area (Å²) >= 11 is 0. The van der Waals surface area contributed by atoms with E-state index in [1.165, 1.54) is 0 Å². The van der Waals surface area contributed by atoms with Gasteiger partial charge < -0.3 is 31.7 Å². The van der Waals surface area contributed by atoms with E-state index < -0.39 is 5.60 Å². The molecule has 0 spiro atoms. The Bertz CT molecular complexity index is 740. The van der Waals surface area contributed by atoms with Crippen LogP contribution < -0.4 is 31.2 Å². The number of aromatic nitrogens is 1. The first kappa shape index (κ1) is 17.6. The van der Waals surface area contributed by atoms with Crippen molar-refractivity contribution in [1.29, 1.82) is 0 Å². The molecule has 2 heterocycles. The van der Waals surface area contributed by atoms with Gasteiger partial charge in [0.15, 0.2) is 5.75 Å². The van der Waals surface area contributed by atoms with Gasteiger partial charge >= 0.3 is 5.88 Å². The molecule has 3 rings (SSSR count). The molecule has 126 valence electrons. The number of hydrogen-bond acceptors (Lipinski definition) is 4. The predicted octanol–water partition coefficient (Wildman–Crippen LogP) is -1.24. The maximum Gasteiger partial charge on any atom is 0.375 e. The van der Waals surface area contributed by atoms with E-state index in [9.17, 15) is 5.11 Å². The number of fused-ring (bicyclic) bond motifs is 2. The van der Waals surface area contributed by atoms with Crippen LogP contribution >= 0.6 is 0 Å². The van der Waals surface area contributed by atoms with Crippen molar-refractivity contribution in [3.63, 3.8) is 0 Å². The number of benzene rings is 1. The highest BCUT2D eigenvalue weighted by molar-refractivity contribution is 5.89. The minimum absolute atomic E-state index is 0. The Hall–Kier alpha value is -1.72. The van der Waals surface area contributed by atoms with Crippen molar-refractivity contribution in [2.24, 2.45) is 7.05 Å². The van der Waals surface area contributed by atoms with E-state index in [2.05, 4.69) is 0 Å². The van der Waals surface area contributed by atoms with Gasteiger partial charge in [-0.3, -0.25) is 0 Å². The first-order chi connectivity index (χ1) is 10.4. The first-order valence-electron chi connectivity index (χ1n) is 7.33. The summed E-state index contributed by atoms with van der Waals surface area (Å²) in [5.74, 6) is 2.27. The van der Waals surface area contributed by atoms with Crippen molar-refractivity contribution in [3.8, 4) is 17.4 Å². The number of rotatable bonds is 3. The maximum atomic E-state index is 10.3. The first-order valence-corrected chi connectivity index (χ1v) is 7.33. The van der Waals surface area contributed by atoms with Crippen LogP contribution in [0.25, 0.3) is 10.9 Å². The number of halogens is 1. The van der Waals surface area contributed by atoms with Gasteiger partial charge in [0.25, 0.3) is 5.52 Å². The summed E-state index contributed by atoms with van der Waals surface area (Å²) in [6.07, 6.45) is 0.314. The van der Waals surface area contributed by atoms with Gasteiger partial charge in [0, 0.05) is 6.42 Å². The smallest absolute Gasteiger partial charge is 0.375 e. The maximum absolute atomic E-state index is 10.3. The highest BCUT2D eigenvalue weighted by Gasteiger charge is 2.42. The molecule has 0 saturated carbocycles. The van der Waals surface area contributed by atoms with Crippen LogP contribution in [0.2, 0.25) is 0 Å². The van der Waals surface area contributed by atoms with Crippen molar-refractivity contribution in [2.75, 3.05) is 14.2 Å². The fourth-order valence-corrected chi connectivity index (χ4v) is 3.10. The lowest BCUT2D eigenvalue weighted by Crippen LogP contribution is -3.00. The van der Waals surface area contributed by atoms with Gasteiger partial charge in [-0.15, -0.1) is 0 Å². The number of para-hydroxylation sites is 1. The number of ether oxygens (including phenoxy) is 3. The summed E-state index contributed by atoms with van der Waals surface area (Å²) in [6.45, 7) is 3.52. The van der Waals surface area contributed by atoms with Gasteiger partial charge in [0.2, 0.25) is 0 Å². The van der Waals surface area contributed by atoms with Gasteiger partial charge in [0.05, 0.1) is 25.2 Å². The summed E-state index contributed by atoms with van der Waals surface area (Å²) in [6, 6.07) is 5.87. The molecule has 2 aromatic rings. The summed E-state index contributed by atoms with van der Waals surface area (Å²) in [5.41, 5.74) is 0.975. The van der Waals surface area contributed by atoms with E-state index in [0.29, 0.717) is 6.42 Å². The van der Waals surface area contributed by atoms with E-state index in [0.717, 1.165) is 33.8 Å². The van der Waals surface area contributed by atoms with Crippen LogP contribution in [-0.4, -0.2) is 31.0 Å². The second-order valence-corrected chi connectivity index (χ2v) is 6.20. The molecule has 0 aliphatic carbocycles. The molecule has 0 fully saturated rings. The van der Waals surface area contributed by atoms with E-state index in [-0.39, 0.29) is 18.5 Å². The normalized spacial score (nSPS) is 16.5. The van der Waals surface area contributed by atoms with Crippen molar-refractivity contribution in [1.82, 2.24) is 0 Å². The van der Waals surface area contributed by atoms with E-state index in [1.807, 2.05) is 29.8 Å². The number of pyridine rings is 1. The average Bonchev–Trinajstić information content (AvgIpc) is 2.92. The largest absolute Gasteiger partial charge is 1.00 e. The van der Waals surface area contributed by atoms with Gasteiger partial charge in [-0.1, -0.05) is 6.07 Å². The lowest BCUT2D eigenvalue weighted by Gasteiger charge is -2.23. The highest BCUT2D eigenvalue weighted by Crippen LogP contribution is 2.42. The Balaban J connectivity index is 0.00000192. The monoisotopic (exact) mass is 339 g/mol. The number of nitrogens with zero attached hydrogens (tertiary/aromatic N) is 1. The van der Waals surface area contributed by atoms with Crippen LogP contribution in [0.5, 0.6) is 17.4 Å². The Morgan fingerprint density at radius 3 is 2.52 bits per heavy atom. The van der Waals surface area contributed by atoms with E-state index in [1.54, 1.807) is 28.1 Å². The molecule has 1 aliphatic rings. The van der Waals surface area contributed by atoms with Crippen LogP contribution in [0.15, 0.2) is 18.2 Å². The molecule has 23 heavy (non-hydrogen) atoms. The predicted molar refractivity (Wildman–Crippen MR) is 82.6 cm³/mol. The van der Waals surface area contributed by atoms with Crippen molar-refractivity contribution in [2.45, 2.75) is 32.0 Å². The lowest BCUT2D eigenvalue weighted by atomic mass is 9.96. The van der Waals surface area contributed by atoms with Gasteiger partial charge in [-0.25, -0.2) is 0 Å². The van der Waals surface area contributed by atoms with Gasteiger partial charge in [-0.2, -0.15) is 4.57 Å². The molecule has 0 amide bonds. The second-order valence-electron chi connectivity index (χ2n) is 6.20. The van der Waals surface area contributed by atoms with Crippen molar-refractivity contribution in [3.05, 3.63) is 23.8 Å². The topological polar surface area (TPSA) is 51.8 Å². The molecular weight excluding hydrogens is 318 g/mol. The molecule has 0 saturated heterocycles. The Morgan fingerprint density at radius 2 is 1.96 bits per heavy atom. The molecule has 5 nitrogen and oxygen atoms in total.